The van der Waals surface area contributed by atoms with Gasteiger partial charge in [0.2, 0.25) is 0 Å². The van der Waals surface area contributed by atoms with Gasteiger partial charge < -0.3 is 19.5 Å². The van der Waals surface area contributed by atoms with Gasteiger partial charge in [-0.3, -0.25) is 9.59 Å². The standard InChI is InChI=1S/C15H19NO5/c1-16(13-9-21-8-12(13)15(18)19)14(17)11-6-4-3-5-10(11)7-20-2/h3-6,12-13H,7-9H2,1-2H3,(H,18,19). The van der Waals surface area contributed by atoms with Gasteiger partial charge in [-0.1, -0.05) is 18.2 Å². The van der Waals surface area contributed by atoms with E-state index in [1.165, 1.54) is 4.90 Å². The SMILES string of the molecule is COCc1ccccc1C(=O)N(C)C1COCC1C(=O)O. The van der Waals surface area contributed by atoms with Gasteiger partial charge in [0, 0.05) is 19.7 Å². The molecule has 0 saturated carbocycles. The Labute approximate surface area is 123 Å². The Morgan fingerprint density at radius 1 is 1.38 bits per heavy atom. The van der Waals surface area contributed by atoms with Crippen LogP contribution in [0.3, 0.4) is 0 Å². The summed E-state index contributed by atoms with van der Waals surface area (Å²) in [6, 6.07) is 6.71. The molecule has 0 aromatic heterocycles. The lowest BCUT2D eigenvalue weighted by Gasteiger charge is -2.27. The highest BCUT2D eigenvalue weighted by atomic mass is 16.5. The maximum Gasteiger partial charge on any atom is 0.311 e. The van der Waals surface area contributed by atoms with Crippen molar-refractivity contribution in [2.24, 2.45) is 5.92 Å². The van der Waals surface area contributed by atoms with E-state index in [9.17, 15) is 14.7 Å². The van der Waals surface area contributed by atoms with Crippen LogP contribution in [0.2, 0.25) is 0 Å². The lowest BCUT2D eigenvalue weighted by atomic mass is 10.0. The number of methoxy groups -OCH3 is 1. The average molecular weight is 293 g/mol. The molecule has 0 radical (unpaired) electrons. The van der Waals surface area contributed by atoms with Crippen molar-refractivity contribution in [1.29, 1.82) is 0 Å². The Balaban J connectivity index is 2.21. The molecule has 1 heterocycles. The van der Waals surface area contributed by atoms with Crippen LogP contribution in [0, 0.1) is 5.92 Å². The second-order valence-corrected chi connectivity index (χ2v) is 5.06. The number of nitrogens with zero attached hydrogens (tertiary/aromatic N) is 1. The molecule has 1 aromatic rings. The zero-order valence-electron chi connectivity index (χ0n) is 12.1. The van der Waals surface area contributed by atoms with Crippen molar-refractivity contribution in [1.82, 2.24) is 4.90 Å². The van der Waals surface area contributed by atoms with Crippen LogP contribution in [0.5, 0.6) is 0 Å². The minimum absolute atomic E-state index is 0.136. The van der Waals surface area contributed by atoms with Gasteiger partial charge in [-0.2, -0.15) is 0 Å². The molecule has 1 saturated heterocycles. The van der Waals surface area contributed by atoms with Crippen LogP contribution in [0.15, 0.2) is 24.3 Å². The van der Waals surface area contributed by atoms with Crippen molar-refractivity contribution in [2.45, 2.75) is 12.6 Å². The van der Waals surface area contributed by atoms with E-state index in [0.717, 1.165) is 5.56 Å². The lowest BCUT2D eigenvalue weighted by molar-refractivity contribution is -0.142. The quantitative estimate of drug-likeness (QED) is 0.876. The summed E-state index contributed by atoms with van der Waals surface area (Å²) in [5.74, 6) is -1.85. The summed E-state index contributed by atoms with van der Waals surface area (Å²) in [6.45, 7) is 0.711. The third kappa shape index (κ3) is 3.22. The van der Waals surface area contributed by atoms with Gasteiger partial charge in [-0.25, -0.2) is 0 Å². The number of rotatable bonds is 5. The molecule has 6 nitrogen and oxygen atoms in total. The van der Waals surface area contributed by atoms with Crippen molar-refractivity contribution in [3.05, 3.63) is 35.4 Å². The zero-order chi connectivity index (χ0) is 15.4. The smallest absolute Gasteiger partial charge is 0.311 e. The van der Waals surface area contributed by atoms with Crippen LogP contribution >= 0.6 is 0 Å². The largest absolute Gasteiger partial charge is 0.481 e. The molecule has 114 valence electrons. The van der Waals surface area contributed by atoms with E-state index < -0.39 is 17.9 Å². The number of ether oxygens (including phenoxy) is 2. The van der Waals surface area contributed by atoms with Gasteiger partial charge in [-0.05, 0) is 11.6 Å². The highest BCUT2D eigenvalue weighted by molar-refractivity contribution is 5.96. The summed E-state index contributed by atoms with van der Waals surface area (Å²) in [6.07, 6.45) is 0. The first kappa shape index (κ1) is 15.5. The first-order valence-corrected chi connectivity index (χ1v) is 6.70. The normalized spacial score (nSPS) is 21.2. The summed E-state index contributed by atoms with van der Waals surface area (Å²) in [7, 11) is 3.18. The van der Waals surface area contributed by atoms with Gasteiger partial charge in [0.05, 0.1) is 25.9 Å². The lowest BCUT2D eigenvalue weighted by Crippen LogP contribution is -2.44. The summed E-state index contributed by atoms with van der Waals surface area (Å²) >= 11 is 0. The van der Waals surface area contributed by atoms with Crippen LogP contribution in [-0.4, -0.2) is 55.3 Å². The van der Waals surface area contributed by atoms with Gasteiger partial charge in [0.25, 0.3) is 5.91 Å². The molecule has 1 aromatic carbocycles. The molecule has 1 N–H and O–H groups in total. The number of carbonyl (C=O) groups excluding carboxylic acids is 1. The maximum absolute atomic E-state index is 12.6. The highest BCUT2D eigenvalue weighted by Crippen LogP contribution is 2.22. The first-order chi connectivity index (χ1) is 10.1. The third-order valence-electron chi connectivity index (χ3n) is 3.73. The topological polar surface area (TPSA) is 76.1 Å². The molecule has 21 heavy (non-hydrogen) atoms. The van der Waals surface area contributed by atoms with Crippen LogP contribution in [0.1, 0.15) is 15.9 Å². The average Bonchev–Trinajstić information content (AvgIpc) is 2.96. The minimum Gasteiger partial charge on any atom is -0.481 e. The molecular formula is C15H19NO5. The molecule has 2 rings (SSSR count). The number of carboxylic acid groups (broad SMARTS) is 1. The number of aliphatic carboxylic acids is 1. The van der Waals surface area contributed by atoms with Crippen molar-refractivity contribution < 1.29 is 24.2 Å². The van der Waals surface area contributed by atoms with E-state index >= 15 is 0 Å². The second kappa shape index (κ2) is 6.69. The third-order valence-corrected chi connectivity index (χ3v) is 3.73. The second-order valence-electron chi connectivity index (χ2n) is 5.06. The van der Waals surface area contributed by atoms with E-state index in [4.69, 9.17) is 9.47 Å². The zero-order valence-corrected chi connectivity index (χ0v) is 12.1. The fourth-order valence-corrected chi connectivity index (χ4v) is 2.51. The van der Waals surface area contributed by atoms with E-state index in [2.05, 4.69) is 0 Å². The Hall–Kier alpha value is -1.92. The van der Waals surface area contributed by atoms with E-state index in [-0.39, 0.29) is 19.1 Å². The molecule has 1 aliphatic rings. The highest BCUT2D eigenvalue weighted by Gasteiger charge is 2.38. The predicted molar refractivity (Wildman–Crippen MR) is 75.0 cm³/mol. The van der Waals surface area contributed by atoms with Gasteiger partial charge >= 0.3 is 5.97 Å². The Morgan fingerprint density at radius 3 is 2.76 bits per heavy atom. The Morgan fingerprint density at radius 2 is 2.10 bits per heavy atom. The number of carboxylic acids is 1. The molecule has 0 bridgehead atoms. The molecular weight excluding hydrogens is 274 g/mol. The molecule has 1 amide bonds. The van der Waals surface area contributed by atoms with E-state index in [0.29, 0.717) is 12.2 Å². The maximum atomic E-state index is 12.6. The van der Waals surface area contributed by atoms with Crippen LogP contribution in [-0.2, 0) is 20.9 Å². The number of hydrogen-bond acceptors (Lipinski definition) is 4. The summed E-state index contributed by atoms with van der Waals surface area (Å²) in [4.78, 5) is 25.3. The number of amides is 1. The van der Waals surface area contributed by atoms with E-state index in [1.807, 2.05) is 12.1 Å². The van der Waals surface area contributed by atoms with Crippen molar-refractivity contribution in [3.63, 3.8) is 0 Å². The molecule has 1 fully saturated rings. The monoisotopic (exact) mass is 293 g/mol. The summed E-state index contributed by atoms with van der Waals surface area (Å²) in [5, 5.41) is 9.19. The fourth-order valence-electron chi connectivity index (χ4n) is 2.51. The molecule has 0 spiro atoms. The predicted octanol–water partition coefficient (Wildman–Crippen LogP) is 1.00. The Kier molecular flexibility index (Phi) is 4.93. The fraction of sp³-hybridized carbons (Fsp3) is 0.467. The number of likely N-dealkylation sites (N-methyl/N-ethyl adjacent to an activating group) is 1. The van der Waals surface area contributed by atoms with E-state index in [1.54, 1.807) is 26.3 Å². The summed E-state index contributed by atoms with van der Waals surface area (Å²) < 4.78 is 10.3. The molecule has 2 atom stereocenters. The van der Waals surface area contributed by atoms with Crippen LogP contribution < -0.4 is 0 Å². The number of benzene rings is 1. The Bertz CT molecular complexity index is 531. The van der Waals surface area contributed by atoms with Gasteiger partial charge in [-0.15, -0.1) is 0 Å². The van der Waals surface area contributed by atoms with Crippen molar-refractivity contribution >= 4 is 11.9 Å². The minimum atomic E-state index is -0.942. The van der Waals surface area contributed by atoms with Crippen LogP contribution in [0.4, 0.5) is 0 Å². The van der Waals surface area contributed by atoms with Crippen LogP contribution in [0.25, 0.3) is 0 Å². The summed E-state index contributed by atoms with van der Waals surface area (Å²) in [5.41, 5.74) is 1.31. The van der Waals surface area contributed by atoms with Gasteiger partial charge in [0.1, 0.15) is 5.92 Å². The molecule has 1 aliphatic heterocycles. The van der Waals surface area contributed by atoms with Crippen molar-refractivity contribution in [2.75, 3.05) is 27.4 Å². The molecule has 2 unspecified atom stereocenters. The van der Waals surface area contributed by atoms with Crippen molar-refractivity contribution in [3.8, 4) is 0 Å². The molecule has 0 aliphatic carbocycles. The van der Waals surface area contributed by atoms with Gasteiger partial charge in [0.15, 0.2) is 0 Å². The number of hydrogen-bond donors (Lipinski definition) is 1. The molecule has 6 heteroatoms. The number of carbonyl (C=O) groups is 2. The first-order valence-electron chi connectivity index (χ1n) is 6.70.